The van der Waals surface area contributed by atoms with Crippen LogP contribution in [-0.4, -0.2) is 41.0 Å². The van der Waals surface area contributed by atoms with Gasteiger partial charge in [0.05, 0.1) is 16.9 Å². The molecular formula is C21H29N5O. The number of amides is 1. The lowest BCUT2D eigenvalue weighted by Gasteiger charge is -2.34. The van der Waals surface area contributed by atoms with Gasteiger partial charge in [0, 0.05) is 30.4 Å². The summed E-state index contributed by atoms with van der Waals surface area (Å²) in [5, 5.41) is 1.06. The fourth-order valence-electron chi connectivity index (χ4n) is 4.28. The van der Waals surface area contributed by atoms with Crippen molar-refractivity contribution in [2.24, 2.45) is 5.92 Å². The van der Waals surface area contributed by atoms with Crippen LogP contribution in [0.4, 0.5) is 5.69 Å². The third-order valence-corrected chi connectivity index (χ3v) is 5.94. The summed E-state index contributed by atoms with van der Waals surface area (Å²) in [5.74, 6) is 0.892. The topological polar surface area (TPSA) is 83.3 Å². The standard InChI is InChI=1S/C21H29N5O/c1-13(2)18-11-19(25-24-18)21(27)26-9-5-7-15(12-26)20-16(22)10-14-6-3-4-8-17(14)23-20/h3-4,6,8,10,13,15,18-19,24-25H,5,7,9,11-12,22H2,1-2H3. The molecule has 2 aliphatic rings. The number of benzene rings is 1. The molecule has 27 heavy (non-hydrogen) atoms. The Bertz CT molecular complexity index is 836. The number of carbonyl (C=O) groups is 1. The van der Waals surface area contributed by atoms with E-state index in [2.05, 4.69) is 24.7 Å². The second-order valence-corrected chi connectivity index (χ2v) is 8.21. The number of carbonyl (C=O) groups excluding carboxylic acids is 1. The first-order valence-electron chi connectivity index (χ1n) is 9.98. The van der Waals surface area contributed by atoms with E-state index in [0.717, 1.165) is 48.1 Å². The highest BCUT2D eigenvalue weighted by Gasteiger charge is 2.35. The van der Waals surface area contributed by atoms with Crippen LogP contribution in [0.15, 0.2) is 30.3 Å². The van der Waals surface area contributed by atoms with Crippen LogP contribution in [0, 0.1) is 5.92 Å². The van der Waals surface area contributed by atoms with Gasteiger partial charge in [0.2, 0.25) is 5.91 Å². The van der Waals surface area contributed by atoms with Crippen molar-refractivity contribution in [2.75, 3.05) is 18.8 Å². The second kappa shape index (κ2) is 7.44. The molecule has 2 fully saturated rings. The van der Waals surface area contributed by atoms with Gasteiger partial charge in [-0.15, -0.1) is 0 Å². The van der Waals surface area contributed by atoms with Crippen LogP contribution in [0.1, 0.15) is 44.7 Å². The van der Waals surface area contributed by atoms with Crippen molar-refractivity contribution < 1.29 is 4.79 Å². The van der Waals surface area contributed by atoms with E-state index in [1.807, 2.05) is 35.2 Å². The lowest BCUT2D eigenvalue weighted by atomic mass is 9.92. The lowest BCUT2D eigenvalue weighted by Crippen LogP contribution is -2.49. The number of hydrogen-bond acceptors (Lipinski definition) is 5. The predicted molar refractivity (Wildman–Crippen MR) is 108 cm³/mol. The molecule has 4 rings (SSSR count). The van der Waals surface area contributed by atoms with Gasteiger partial charge in [-0.3, -0.25) is 15.2 Å². The van der Waals surface area contributed by atoms with Gasteiger partial charge in [0.1, 0.15) is 6.04 Å². The molecule has 1 amide bonds. The number of nitrogens with zero attached hydrogens (tertiary/aromatic N) is 2. The van der Waals surface area contributed by atoms with Crippen molar-refractivity contribution in [3.63, 3.8) is 0 Å². The Morgan fingerprint density at radius 3 is 2.89 bits per heavy atom. The van der Waals surface area contributed by atoms with Crippen LogP contribution in [-0.2, 0) is 4.79 Å². The molecule has 2 saturated heterocycles. The average Bonchev–Trinajstić information content (AvgIpc) is 3.17. The molecule has 2 aliphatic heterocycles. The number of pyridine rings is 1. The van der Waals surface area contributed by atoms with Crippen LogP contribution in [0.25, 0.3) is 10.9 Å². The van der Waals surface area contributed by atoms with E-state index < -0.39 is 0 Å². The van der Waals surface area contributed by atoms with Crippen molar-refractivity contribution in [3.8, 4) is 0 Å². The fourth-order valence-corrected chi connectivity index (χ4v) is 4.28. The quantitative estimate of drug-likeness (QED) is 0.776. The van der Waals surface area contributed by atoms with Gasteiger partial charge in [-0.1, -0.05) is 32.0 Å². The third kappa shape index (κ3) is 3.64. The molecule has 0 saturated carbocycles. The molecule has 0 spiro atoms. The molecule has 2 aromatic rings. The number of fused-ring (bicyclic) bond motifs is 1. The summed E-state index contributed by atoms with van der Waals surface area (Å²) in [6.07, 6.45) is 2.84. The zero-order valence-corrected chi connectivity index (χ0v) is 16.1. The maximum absolute atomic E-state index is 13.0. The molecule has 6 nitrogen and oxygen atoms in total. The van der Waals surface area contributed by atoms with E-state index in [1.54, 1.807) is 0 Å². The minimum absolute atomic E-state index is 0.141. The maximum atomic E-state index is 13.0. The van der Waals surface area contributed by atoms with Crippen molar-refractivity contribution in [1.29, 1.82) is 0 Å². The molecular weight excluding hydrogens is 338 g/mol. The summed E-state index contributed by atoms with van der Waals surface area (Å²) in [5.41, 5.74) is 15.4. The number of likely N-dealkylation sites (tertiary alicyclic amines) is 1. The van der Waals surface area contributed by atoms with Crippen LogP contribution >= 0.6 is 0 Å². The normalized spacial score (nSPS) is 26.0. The predicted octanol–water partition coefficient (Wildman–Crippen LogP) is 2.41. The van der Waals surface area contributed by atoms with Gasteiger partial charge in [-0.2, -0.15) is 0 Å². The molecule has 0 aliphatic carbocycles. The van der Waals surface area contributed by atoms with Crippen LogP contribution in [0.5, 0.6) is 0 Å². The minimum atomic E-state index is -0.141. The Morgan fingerprint density at radius 1 is 1.30 bits per heavy atom. The first-order chi connectivity index (χ1) is 13.0. The Balaban J connectivity index is 1.50. The Hall–Kier alpha value is -2.18. The Labute approximate surface area is 160 Å². The smallest absolute Gasteiger partial charge is 0.241 e. The van der Waals surface area contributed by atoms with Crippen LogP contribution < -0.4 is 16.6 Å². The highest BCUT2D eigenvalue weighted by Crippen LogP contribution is 2.32. The second-order valence-electron chi connectivity index (χ2n) is 8.21. The summed E-state index contributed by atoms with van der Waals surface area (Å²) >= 11 is 0. The summed E-state index contributed by atoms with van der Waals surface area (Å²) < 4.78 is 0. The number of nitrogens with two attached hydrogens (primary N) is 1. The van der Waals surface area contributed by atoms with Gasteiger partial charge in [-0.25, -0.2) is 5.43 Å². The summed E-state index contributed by atoms with van der Waals surface area (Å²) in [6, 6.07) is 10.3. The van der Waals surface area contributed by atoms with Gasteiger partial charge in [-0.05, 0) is 37.3 Å². The number of rotatable bonds is 3. The van der Waals surface area contributed by atoms with Gasteiger partial charge < -0.3 is 10.6 Å². The average molecular weight is 367 g/mol. The number of hydrazine groups is 1. The van der Waals surface area contributed by atoms with E-state index >= 15 is 0 Å². The number of piperidine rings is 1. The van der Waals surface area contributed by atoms with E-state index in [0.29, 0.717) is 18.5 Å². The van der Waals surface area contributed by atoms with Crippen LogP contribution in [0.3, 0.4) is 0 Å². The fraction of sp³-hybridized carbons (Fsp3) is 0.524. The largest absolute Gasteiger partial charge is 0.397 e. The van der Waals surface area contributed by atoms with Crippen molar-refractivity contribution in [3.05, 3.63) is 36.0 Å². The number of para-hydroxylation sites is 1. The third-order valence-electron chi connectivity index (χ3n) is 5.94. The van der Waals surface area contributed by atoms with Crippen LogP contribution in [0.2, 0.25) is 0 Å². The Kier molecular flexibility index (Phi) is 5.02. The van der Waals surface area contributed by atoms with Crippen molar-refractivity contribution in [1.82, 2.24) is 20.7 Å². The van der Waals surface area contributed by atoms with Gasteiger partial charge >= 0.3 is 0 Å². The molecule has 0 bridgehead atoms. The highest BCUT2D eigenvalue weighted by molar-refractivity contribution is 5.83. The van der Waals surface area contributed by atoms with Crippen molar-refractivity contribution >= 4 is 22.5 Å². The molecule has 3 atom stereocenters. The van der Waals surface area contributed by atoms with E-state index in [1.165, 1.54) is 0 Å². The number of aromatic nitrogens is 1. The Morgan fingerprint density at radius 2 is 2.11 bits per heavy atom. The molecule has 3 heterocycles. The van der Waals surface area contributed by atoms with Gasteiger partial charge in [0.15, 0.2) is 0 Å². The van der Waals surface area contributed by atoms with Crippen molar-refractivity contribution in [2.45, 2.75) is 51.1 Å². The minimum Gasteiger partial charge on any atom is -0.397 e. The maximum Gasteiger partial charge on any atom is 0.241 e. The monoisotopic (exact) mass is 367 g/mol. The lowest BCUT2D eigenvalue weighted by molar-refractivity contribution is -0.134. The number of anilines is 1. The molecule has 144 valence electrons. The summed E-state index contributed by atoms with van der Waals surface area (Å²) in [4.78, 5) is 19.8. The molecule has 4 N–H and O–H groups in total. The number of hydrogen-bond donors (Lipinski definition) is 3. The highest BCUT2D eigenvalue weighted by atomic mass is 16.2. The molecule has 6 heteroatoms. The summed E-state index contributed by atoms with van der Waals surface area (Å²) in [6.45, 7) is 5.86. The zero-order chi connectivity index (χ0) is 19.0. The molecule has 1 aromatic carbocycles. The number of nitrogen functional groups attached to an aromatic ring is 1. The van der Waals surface area contributed by atoms with E-state index in [9.17, 15) is 4.79 Å². The molecule has 1 aromatic heterocycles. The first-order valence-corrected chi connectivity index (χ1v) is 9.98. The van der Waals surface area contributed by atoms with E-state index in [4.69, 9.17) is 10.7 Å². The first kappa shape index (κ1) is 18.2. The zero-order valence-electron chi connectivity index (χ0n) is 16.1. The number of nitrogens with one attached hydrogen (secondary N) is 2. The van der Waals surface area contributed by atoms with Gasteiger partial charge in [0.25, 0.3) is 0 Å². The molecule has 0 radical (unpaired) electrons. The molecule has 3 unspecified atom stereocenters. The SMILES string of the molecule is CC(C)C1CC(C(=O)N2CCCC(c3nc4ccccc4cc3N)C2)NN1. The van der Waals surface area contributed by atoms with E-state index in [-0.39, 0.29) is 17.9 Å². The summed E-state index contributed by atoms with van der Waals surface area (Å²) in [7, 11) is 0.